The average molecular weight is 371 g/mol. The number of carboxylic acid groups (broad SMARTS) is 1. The lowest BCUT2D eigenvalue weighted by atomic mass is 10.1. The van der Waals surface area contributed by atoms with Gasteiger partial charge in [0.25, 0.3) is 0 Å². The van der Waals surface area contributed by atoms with Crippen LogP contribution in [0.1, 0.15) is 11.1 Å². The van der Waals surface area contributed by atoms with Gasteiger partial charge in [0.15, 0.2) is 0 Å². The molecule has 0 aliphatic heterocycles. The predicted molar refractivity (Wildman–Crippen MR) is 96.8 cm³/mol. The first kappa shape index (κ1) is 20.1. The molecule has 1 amide bonds. The van der Waals surface area contributed by atoms with Gasteiger partial charge in [-0.1, -0.05) is 60.7 Å². The Morgan fingerprint density at radius 1 is 0.889 bits per heavy atom. The molecule has 0 bridgehead atoms. The fourth-order valence-electron chi connectivity index (χ4n) is 2.34. The molecular formula is C20H21NO6. The minimum Gasteiger partial charge on any atom is -0.480 e. The molecule has 0 unspecified atom stereocenters. The van der Waals surface area contributed by atoms with Crippen molar-refractivity contribution < 1.29 is 29.0 Å². The van der Waals surface area contributed by atoms with Gasteiger partial charge < -0.3 is 19.9 Å². The molecule has 142 valence electrons. The van der Waals surface area contributed by atoms with Gasteiger partial charge in [-0.2, -0.15) is 0 Å². The van der Waals surface area contributed by atoms with E-state index in [0.717, 1.165) is 11.1 Å². The number of rotatable bonds is 10. The highest BCUT2D eigenvalue weighted by atomic mass is 16.5. The van der Waals surface area contributed by atoms with Crippen molar-refractivity contribution in [1.82, 2.24) is 5.32 Å². The third-order valence-electron chi connectivity index (χ3n) is 3.59. The minimum atomic E-state index is -1.18. The summed E-state index contributed by atoms with van der Waals surface area (Å²) in [5.41, 5.74) is 1.69. The molecule has 0 saturated carbocycles. The topological polar surface area (TPSA) is 102 Å². The van der Waals surface area contributed by atoms with E-state index in [9.17, 15) is 14.4 Å². The minimum absolute atomic E-state index is 0.0936. The molecule has 1 atom stereocenters. The van der Waals surface area contributed by atoms with Crippen molar-refractivity contribution in [2.75, 3.05) is 13.2 Å². The van der Waals surface area contributed by atoms with Crippen molar-refractivity contribution in [1.29, 1.82) is 0 Å². The van der Waals surface area contributed by atoms with Gasteiger partial charge in [-0.3, -0.25) is 4.79 Å². The highest BCUT2D eigenvalue weighted by Gasteiger charge is 2.23. The van der Waals surface area contributed by atoms with Gasteiger partial charge in [0, 0.05) is 6.42 Å². The van der Waals surface area contributed by atoms with Crippen molar-refractivity contribution in [2.24, 2.45) is 0 Å². The number of carboxylic acids is 1. The summed E-state index contributed by atoms with van der Waals surface area (Å²) in [7, 11) is 0. The third-order valence-corrected chi connectivity index (χ3v) is 3.59. The van der Waals surface area contributed by atoms with E-state index in [2.05, 4.69) is 5.32 Å². The van der Waals surface area contributed by atoms with Crippen LogP contribution in [0.2, 0.25) is 0 Å². The largest absolute Gasteiger partial charge is 0.480 e. The maximum Gasteiger partial charge on any atom is 0.329 e. The zero-order valence-corrected chi connectivity index (χ0v) is 14.7. The van der Waals surface area contributed by atoms with Crippen molar-refractivity contribution in [3.8, 4) is 0 Å². The molecule has 0 heterocycles. The van der Waals surface area contributed by atoms with Gasteiger partial charge in [0.05, 0.1) is 0 Å². The van der Waals surface area contributed by atoms with E-state index >= 15 is 0 Å². The fourth-order valence-corrected chi connectivity index (χ4v) is 2.34. The zero-order chi connectivity index (χ0) is 19.5. The average Bonchev–Trinajstić information content (AvgIpc) is 2.67. The number of carbonyl (C=O) groups is 3. The predicted octanol–water partition coefficient (Wildman–Crippen LogP) is 1.56. The number of esters is 1. The lowest BCUT2D eigenvalue weighted by Gasteiger charge is -2.18. The van der Waals surface area contributed by atoms with E-state index in [0.29, 0.717) is 0 Å². The zero-order valence-electron chi connectivity index (χ0n) is 14.7. The molecule has 27 heavy (non-hydrogen) atoms. The van der Waals surface area contributed by atoms with E-state index in [1.54, 1.807) is 0 Å². The molecule has 7 heteroatoms. The summed E-state index contributed by atoms with van der Waals surface area (Å²) < 4.78 is 10.1. The molecule has 2 aromatic rings. The van der Waals surface area contributed by atoms with E-state index in [4.69, 9.17) is 14.6 Å². The van der Waals surface area contributed by atoms with Crippen molar-refractivity contribution in [3.05, 3.63) is 71.8 Å². The Morgan fingerprint density at radius 3 is 2.07 bits per heavy atom. The number of aliphatic carboxylic acids is 1. The fraction of sp³-hybridized carbons (Fsp3) is 0.250. The SMILES string of the molecule is O=C(O)COCC(=O)N[C@@H](Cc1ccccc1)C(=O)OCc1ccccc1. The van der Waals surface area contributed by atoms with E-state index in [1.807, 2.05) is 60.7 Å². The van der Waals surface area contributed by atoms with Crippen LogP contribution in [0.3, 0.4) is 0 Å². The molecule has 0 fully saturated rings. The highest BCUT2D eigenvalue weighted by Crippen LogP contribution is 2.07. The van der Waals surface area contributed by atoms with Crippen molar-refractivity contribution >= 4 is 17.8 Å². The molecular weight excluding hydrogens is 350 g/mol. The Bertz CT molecular complexity index is 748. The Balaban J connectivity index is 1.96. The van der Waals surface area contributed by atoms with Crippen molar-refractivity contribution in [3.63, 3.8) is 0 Å². The number of ether oxygens (including phenoxy) is 2. The number of nitrogens with one attached hydrogen (secondary N) is 1. The van der Waals surface area contributed by atoms with Crippen LogP contribution in [0.5, 0.6) is 0 Å². The molecule has 0 aliphatic carbocycles. The number of benzene rings is 2. The molecule has 7 nitrogen and oxygen atoms in total. The van der Waals surface area contributed by atoms with Gasteiger partial charge in [-0.05, 0) is 11.1 Å². The van der Waals surface area contributed by atoms with Gasteiger partial charge in [-0.15, -0.1) is 0 Å². The Morgan fingerprint density at radius 2 is 1.48 bits per heavy atom. The first-order valence-corrected chi connectivity index (χ1v) is 8.38. The van der Waals surface area contributed by atoms with Crippen LogP contribution < -0.4 is 5.32 Å². The second kappa shape index (κ2) is 10.7. The highest BCUT2D eigenvalue weighted by molar-refractivity contribution is 5.85. The lowest BCUT2D eigenvalue weighted by Crippen LogP contribution is -2.45. The number of carbonyl (C=O) groups excluding carboxylic acids is 2. The third kappa shape index (κ3) is 7.70. The second-order valence-corrected chi connectivity index (χ2v) is 5.79. The summed E-state index contributed by atoms with van der Waals surface area (Å²) in [6.45, 7) is -0.949. The van der Waals surface area contributed by atoms with Gasteiger partial charge >= 0.3 is 11.9 Å². The molecule has 0 aliphatic rings. The summed E-state index contributed by atoms with van der Waals surface area (Å²) in [6, 6.07) is 17.5. The molecule has 2 rings (SSSR count). The number of hydrogen-bond acceptors (Lipinski definition) is 5. The monoisotopic (exact) mass is 371 g/mol. The normalized spacial score (nSPS) is 11.4. The van der Waals surface area contributed by atoms with Gasteiger partial charge in [-0.25, -0.2) is 9.59 Å². The summed E-state index contributed by atoms with van der Waals surface area (Å²) >= 11 is 0. The molecule has 0 spiro atoms. The molecule has 2 aromatic carbocycles. The quantitative estimate of drug-likeness (QED) is 0.615. The van der Waals surface area contributed by atoms with Gasteiger partial charge in [0.1, 0.15) is 25.9 Å². The Kier molecular flexibility index (Phi) is 7.99. The Labute approximate surface area is 156 Å². The second-order valence-electron chi connectivity index (χ2n) is 5.79. The van der Waals surface area contributed by atoms with Crippen LogP contribution in [0.15, 0.2) is 60.7 Å². The van der Waals surface area contributed by atoms with Crippen LogP contribution in [0.25, 0.3) is 0 Å². The van der Waals surface area contributed by atoms with E-state index in [-0.39, 0.29) is 13.0 Å². The van der Waals surface area contributed by atoms with Crippen LogP contribution in [0, 0.1) is 0 Å². The van der Waals surface area contributed by atoms with Crippen LogP contribution >= 0.6 is 0 Å². The number of amides is 1. The van der Waals surface area contributed by atoms with E-state index in [1.165, 1.54) is 0 Å². The van der Waals surface area contributed by atoms with Gasteiger partial charge in [0.2, 0.25) is 5.91 Å². The summed E-state index contributed by atoms with van der Waals surface area (Å²) in [5.74, 6) is -2.34. The smallest absolute Gasteiger partial charge is 0.329 e. The maximum absolute atomic E-state index is 12.5. The number of hydrogen-bond donors (Lipinski definition) is 2. The Hall–Kier alpha value is -3.19. The summed E-state index contributed by atoms with van der Waals surface area (Å²) in [6.07, 6.45) is 0.249. The molecule has 0 saturated heterocycles. The van der Waals surface area contributed by atoms with E-state index < -0.39 is 37.1 Å². The van der Waals surface area contributed by atoms with Crippen LogP contribution in [0.4, 0.5) is 0 Å². The lowest BCUT2D eigenvalue weighted by molar-refractivity contribution is -0.150. The first-order chi connectivity index (χ1) is 13.0. The molecule has 0 aromatic heterocycles. The first-order valence-electron chi connectivity index (χ1n) is 8.38. The molecule has 2 N–H and O–H groups in total. The van der Waals surface area contributed by atoms with Crippen LogP contribution in [-0.4, -0.2) is 42.2 Å². The summed E-state index contributed by atoms with van der Waals surface area (Å²) in [4.78, 5) is 34.9. The van der Waals surface area contributed by atoms with Crippen molar-refractivity contribution in [2.45, 2.75) is 19.1 Å². The van der Waals surface area contributed by atoms with Crippen LogP contribution in [-0.2, 0) is 36.9 Å². The molecule has 0 radical (unpaired) electrons. The maximum atomic E-state index is 12.5. The summed E-state index contributed by atoms with van der Waals surface area (Å²) in [5, 5.41) is 11.1. The standard InChI is InChI=1S/C20H21NO6/c22-18(13-26-14-19(23)24)21-17(11-15-7-3-1-4-8-15)20(25)27-12-16-9-5-2-6-10-16/h1-10,17H,11-14H2,(H,21,22)(H,23,24)/t17-/m0/s1.